The van der Waals surface area contributed by atoms with E-state index in [4.69, 9.17) is 4.42 Å². The summed E-state index contributed by atoms with van der Waals surface area (Å²) in [5.74, 6) is 1.02. The van der Waals surface area contributed by atoms with Gasteiger partial charge in [-0.25, -0.2) is 0 Å². The van der Waals surface area contributed by atoms with Gasteiger partial charge in [0.1, 0.15) is 11.3 Å². The van der Waals surface area contributed by atoms with Crippen LogP contribution in [0.4, 0.5) is 0 Å². The molecule has 0 saturated carbocycles. The molecule has 1 heterocycles. The van der Waals surface area contributed by atoms with Gasteiger partial charge in [-0.05, 0) is 42.8 Å². The van der Waals surface area contributed by atoms with E-state index in [2.05, 4.69) is 54.7 Å². The minimum absolute atomic E-state index is 0.765. The molecule has 2 heteroatoms. The lowest BCUT2D eigenvalue weighted by Crippen LogP contribution is -2.04. The smallest absolute Gasteiger partial charge is 0.134 e. The van der Waals surface area contributed by atoms with Crippen molar-refractivity contribution in [1.29, 1.82) is 0 Å². The molecule has 0 atom stereocenters. The number of benzene rings is 2. The van der Waals surface area contributed by atoms with Crippen LogP contribution in [0.1, 0.15) is 11.3 Å². The van der Waals surface area contributed by atoms with Gasteiger partial charge in [0.05, 0.1) is 6.54 Å². The third-order valence-corrected chi connectivity index (χ3v) is 3.48. The molecule has 0 unspecified atom stereocenters. The van der Waals surface area contributed by atoms with Crippen molar-refractivity contribution in [2.75, 3.05) is 7.05 Å². The van der Waals surface area contributed by atoms with E-state index in [1.54, 1.807) is 0 Å². The minimum atomic E-state index is 0.765. The standard InChI is InChI=1S/C17H17NO/c1-12-15-10-14(13-6-4-3-5-7-13)8-9-16(15)19-17(12)11-18-2/h3-10,18H,11H2,1-2H3. The highest BCUT2D eigenvalue weighted by Gasteiger charge is 2.10. The Morgan fingerprint density at radius 2 is 1.79 bits per heavy atom. The molecule has 1 N–H and O–H groups in total. The van der Waals surface area contributed by atoms with Crippen LogP contribution in [0, 0.1) is 6.92 Å². The van der Waals surface area contributed by atoms with Gasteiger partial charge < -0.3 is 9.73 Å². The van der Waals surface area contributed by atoms with Crippen LogP contribution >= 0.6 is 0 Å². The molecule has 0 aliphatic rings. The second-order valence-corrected chi connectivity index (χ2v) is 4.76. The molecule has 0 radical (unpaired) electrons. The van der Waals surface area contributed by atoms with Gasteiger partial charge in [0.25, 0.3) is 0 Å². The first-order valence-corrected chi connectivity index (χ1v) is 6.51. The Kier molecular flexibility index (Phi) is 3.10. The largest absolute Gasteiger partial charge is 0.459 e. The van der Waals surface area contributed by atoms with E-state index in [-0.39, 0.29) is 0 Å². The van der Waals surface area contributed by atoms with Crippen LogP contribution in [0.2, 0.25) is 0 Å². The highest BCUT2D eigenvalue weighted by atomic mass is 16.3. The van der Waals surface area contributed by atoms with Crippen LogP contribution in [0.25, 0.3) is 22.1 Å². The summed E-state index contributed by atoms with van der Waals surface area (Å²) in [6.07, 6.45) is 0. The third kappa shape index (κ3) is 2.15. The Hall–Kier alpha value is -2.06. The molecule has 0 aliphatic carbocycles. The summed E-state index contributed by atoms with van der Waals surface area (Å²) < 4.78 is 5.87. The van der Waals surface area contributed by atoms with E-state index in [0.717, 1.165) is 17.9 Å². The predicted octanol–water partition coefficient (Wildman–Crippen LogP) is 4.13. The maximum Gasteiger partial charge on any atom is 0.134 e. The van der Waals surface area contributed by atoms with E-state index >= 15 is 0 Å². The van der Waals surface area contributed by atoms with Crippen molar-refractivity contribution in [1.82, 2.24) is 5.32 Å². The molecule has 2 aromatic carbocycles. The van der Waals surface area contributed by atoms with Crippen molar-refractivity contribution in [3.63, 3.8) is 0 Å². The van der Waals surface area contributed by atoms with Crippen molar-refractivity contribution < 1.29 is 4.42 Å². The molecule has 2 nitrogen and oxygen atoms in total. The van der Waals surface area contributed by atoms with Crippen molar-refractivity contribution >= 4 is 11.0 Å². The SMILES string of the molecule is CNCc1oc2ccc(-c3ccccc3)cc2c1C. The molecule has 19 heavy (non-hydrogen) atoms. The molecule has 96 valence electrons. The Morgan fingerprint density at radius 3 is 2.53 bits per heavy atom. The summed E-state index contributed by atoms with van der Waals surface area (Å²) in [5, 5.41) is 4.34. The van der Waals surface area contributed by atoms with Gasteiger partial charge in [0, 0.05) is 5.39 Å². The van der Waals surface area contributed by atoms with E-state index in [9.17, 15) is 0 Å². The average molecular weight is 251 g/mol. The van der Waals surface area contributed by atoms with Crippen LogP contribution in [-0.4, -0.2) is 7.05 Å². The summed E-state index contributed by atoms with van der Waals surface area (Å²) in [5.41, 5.74) is 4.65. The zero-order valence-electron chi connectivity index (χ0n) is 11.2. The minimum Gasteiger partial charge on any atom is -0.459 e. The number of furan rings is 1. The predicted molar refractivity (Wildman–Crippen MR) is 79.2 cm³/mol. The van der Waals surface area contributed by atoms with Gasteiger partial charge in [-0.3, -0.25) is 0 Å². The quantitative estimate of drug-likeness (QED) is 0.757. The zero-order chi connectivity index (χ0) is 13.2. The Bertz CT molecular complexity index is 698. The summed E-state index contributed by atoms with van der Waals surface area (Å²) >= 11 is 0. The first kappa shape index (κ1) is 12.0. The van der Waals surface area contributed by atoms with Gasteiger partial charge in [-0.15, -0.1) is 0 Å². The first-order valence-electron chi connectivity index (χ1n) is 6.51. The Morgan fingerprint density at radius 1 is 1.00 bits per heavy atom. The number of hydrogen-bond donors (Lipinski definition) is 1. The van der Waals surface area contributed by atoms with Crippen molar-refractivity contribution in [3.05, 3.63) is 59.9 Å². The molecule has 0 fully saturated rings. The average Bonchev–Trinajstić information content (AvgIpc) is 2.77. The van der Waals surface area contributed by atoms with Crippen LogP contribution in [0.5, 0.6) is 0 Å². The lowest BCUT2D eigenvalue weighted by atomic mass is 10.0. The zero-order valence-corrected chi connectivity index (χ0v) is 11.2. The van der Waals surface area contributed by atoms with E-state index in [1.807, 2.05) is 13.1 Å². The molecule has 0 bridgehead atoms. The maximum absolute atomic E-state index is 5.87. The Balaban J connectivity index is 2.13. The summed E-state index contributed by atoms with van der Waals surface area (Å²) in [4.78, 5) is 0. The van der Waals surface area contributed by atoms with Gasteiger partial charge in [0.15, 0.2) is 0 Å². The topological polar surface area (TPSA) is 25.2 Å². The van der Waals surface area contributed by atoms with Crippen LogP contribution < -0.4 is 5.32 Å². The van der Waals surface area contributed by atoms with Crippen LogP contribution in [0.15, 0.2) is 52.9 Å². The molecular formula is C17H17NO. The van der Waals surface area contributed by atoms with Gasteiger partial charge in [-0.1, -0.05) is 36.4 Å². The molecule has 0 aliphatic heterocycles. The van der Waals surface area contributed by atoms with Crippen LogP contribution in [-0.2, 0) is 6.54 Å². The molecule has 3 aromatic rings. The highest BCUT2D eigenvalue weighted by molar-refractivity contribution is 5.87. The van der Waals surface area contributed by atoms with Crippen LogP contribution in [0.3, 0.4) is 0 Å². The maximum atomic E-state index is 5.87. The Labute approximate surface area is 113 Å². The third-order valence-electron chi connectivity index (χ3n) is 3.48. The molecule has 0 spiro atoms. The van der Waals surface area contributed by atoms with Crippen molar-refractivity contribution in [3.8, 4) is 11.1 Å². The molecule has 0 saturated heterocycles. The fourth-order valence-corrected chi connectivity index (χ4v) is 2.41. The molecule has 1 aromatic heterocycles. The normalized spacial score (nSPS) is 11.1. The number of aryl methyl sites for hydroxylation is 1. The number of rotatable bonds is 3. The fourth-order valence-electron chi connectivity index (χ4n) is 2.41. The number of fused-ring (bicyclic) bond motifs is 1. The summed E-state index contributed by atoms with van der Waals surface area (Å²) in [6.45, 7) is 2.88. The number of hydrogen-bond acceptors (Lipinski definition) is 2. The second-order valence-electron chi connectivity index (χ2n) is 4.76. The van der Waals surface area contributed by atoms with Gasteiger partial charge in [-0.2, -0.15) is 0 Å². The fraction of sp³-hybridized carbons (Fsp3) is 0.176. The molecule has 3 rings (SSSR count). The van der Waals surface area contributed by atoms with E-state index in [1.165, 1.54) is 22.1 Å². The van der Waals surface area contributed by atoms with Gasteiger partial charge >= 0.3 is 0 Å². The van der Waals surface area contributed by atoms with E-state index < -0.39 is 0 Å². The van der Waals surface area contributed by atoms with Gasteiger partial charge in [0.2, 0.25) is 0 Å². The van der Waals surface area contributed by atoms with Crippen molar-refractivity contribution in [2.24, 2.45) is 0 Å². The molecule has 0 amide bonds. The monoisotopic (exact) mass is 251 g/mol. The second kappa shape index (κ2) is 4.90. The summed E-state index contributed by atoms with van der Waals surface area (Å²) in [6, 6.07) is 16.8. The first-order chi connectivity index (χ1) is 9.29. The lowest BCUT2D eigenvalue weighted by molar-refractivity contribution is 0.527. The van der Waals surface area contributed by atoms with Crippen molar-refractivity contribution in [2.45, 2.75) is 13.5 Å². The number of nitrogens with one attached hydrogen (secondary N) is 1. The lowest BCUT2D eigenvalue weighted by Gasteiger charge is -2.01. The summed E-state index contributed by atoms with van der Waals surface area (Å²) in [7, 11) is 1.93. The molecular weight excluding hydrogens is 234 g/mol. The highest BCUT2D eigenvalue weighted by Crippen LogP contribution is 2.30. The van der Waals surface area contributed by atoms with E-state index in [0.29, 0.717) is 0 Å².